The largest absolute Gasteiger partial charge is 0.377 e. The van der Waals surface area contributed by atoms with Gasteiger partial charge in [-0.3, -0.25) is 4.79 Å². The molecule has 0 aliphatic carbocycles. The van der Waals surface area contributed by atoms with Gasteiger partial charge in [0.2, 0.25) is 0 Å². The summed E-state index contributed by atoms with van der Waals surface area (Å²) in [6, 6.07) is 3.02. The molecule has 1 amide bonds. The summed E-state index contributed by atoms with van der Waals surface area (Å²) in [6.07, 6.45) is 4.70. The Balaban J connectivity index is 2.30. The summed E-state index contributed by atoms with van der Waals surface area (Å²) in [5, 5.41) is 15.3. The molecule has 0 radical (unpaired) electrons. The number of hydrogen-bond donors (Lipinski definition) is 2. The van der Waals surface area contributed by atoms with E-state index in [4.69, 9.17) is 0 Å². The van der Waals surface area contributed by atoms with Gasteiger partial charge in [0, 0.05) is 18.1 Å². The predicted molar refractivity (Wildman–Crippen MR) is 94.9 cm³/mol. The van der Waals surface area contributed by atoms with Gasteiger partial charge in [-0.2, -0.15) is 5.10 Å². The molecule has 2 rings (SSSR count). The molecule has 27 heavy (non-hydrogen) atoms. The Morgan fingerprint density at radius 2 is 2.11 bits per heavy atom. The monoisotopic (exact) mass is 382 g/mol. The molecular formula is C18H26F2N5O2+. The molecule has 0 fully saturated rings. The summed E-state index contributed by atoms with van der Waals surface area (Å²) >= 11 is 0. The molecule has 1 aromatic carbocycles. The van der Waals surface area contributed by atoms with E-state index in [0.717, 1.165) is 25.0 Å². The zero-order valence-corrected chi connectivity index (χ0v) is 15.8. The van der Waals surface area contributed by atoms with Gasteiger partial charge in [0.25, 0.3) is 5.91 Å². The van der Waals surface area contributed by atoms with Crippen molar-refractivity contribution in [2.24, 2.45) is 0 Å². The number of benzene rings is 1. The number of amides is 1. The van der Waals surface area contributed by atoms with Crippen molar-refractivity contribution in [2.45, 2.75) is 38.3 Å². The number of nitrogens with one attached hydrogen (secondary N) is 1. The van der Waals surface area contributed by atoms with E-state index in [1.165, 1.54) is 23.4 Å². The maximum atomic E-state index is 14.4. The Bertz CT molecular complexity index is 767. The van der Waals surface area contributed by atoms with Crippen molar-refractivity contribution in [2.75, 3.05) is 20.6 Å². The normalized spacial score (nSPS) is 14.0. The average molecular weight is 382 g/mol. The molecule has 0 spiro atoms. The maximum Gasteiger partial charge on any atom is 0.264 e. The summed E-state index contributed by atoms with van der Waals surface area (Å²) in [4.78, 5) is 15.9. The van der Waals surface area contributed by atoms with Crippen molar-refractivity contribution in [1.82, 2.24) is 20.2 Å². The third-order valence-electron chi connectivity index (χ3n) is 4.16. The van der Waals surface area contributed by atoms with Gasteiger partial charge < -0.3 is 5.11 Å². The van der Waals surface area contributed by atoms with Crippen LogP contribution in [0.5, 0.6) is 0 Å². The molecule has 1 unspecified atom stereocenters. The number of aliphatic hydroxyl groups is 1. The molecule has 1 aromatic heterocycles. The van der Waals surface area contributed by atoms with Crippen LogP contribution in [-0.4, -0.2) is 51.0 Å². The van der Waals surface area contributed by atoms with Gasteiger partial charge in [-0.25, -0.2) is 28.5 Å². The zero-order valence-electron chi connectivity index (χ0n) is 15.8. The van der Waals surface area contributed by atoms with Gasteiger partial charge in [0.1, 0.15) is 30.8 Å². The standard InChI is InChI=1S/C18H25F2N5O2/c1-4-5-6-17(26)23-25(2,3)11-18(27,10-24-13-21-12-22-24)15-8-7-14(19)9-16(15)20/h7-9,12-13,27H,4-6,10-11H2,1-3H3/p+1. The highest BCUT2D eigenvalue weighted by molar-refractivity contribution is 5.74. The lowest BCUT2D eigenvalue weighted by atomic mass is 9.92. The minimum atomic E-state index is -1.76. The number of halogens is 2. The van der Waals surface area contributed by atoms with Gasteiger partial charge in [-0.1, -0.05) is 13.3 Å². The number of likely N-dealkylation sites (N-methyl/N-ethyl adjacent to an activating group) is 1. The average Bonchev–Trinajstić information content (AvgIpc) is 3.03. The summed E-state index contributed by atoms with van der Waals surface area (Å²) in [7, 11) is 3.38. The van der Waals surface area contributed by atoms with Crippen LogP contribution < -0.4 is 5.43 Å². The lowest BCUT2D eigenvalue weighted by Gasteiger charge is -2.37. The van der Waals surface area contributed by atoms with Crippen LogP contribution in [0.1, 0.15) is 31.7 Å². The van der Waals surface area contributed by atoms with Crippen LogP contribution in [-0.2, 0) is 16.9 Å². The van der Waals surface area contributed by atoms with Crippen molar-refractivity contribution >= 4 is 5.91 Å². The van der Waals surface area contributed by atoms with Crippen LogP contribution in [0.3, 0.4) is 0 Å². The molecule has 0 aliphatic rings. The second kappa shape index (κ2) is 8.53. The summed E-state index contributed by atoms with van der Waals surface area (Å²) in [6.45, 7) is 1.82. The maximum absolute atomic E-state index is 14.4. The van der Waals surface area contributed by atoms with E-state index in [9.17, 15) is 18.7 Å². The second-order valence-corrected chi connectivity index (χ2v) is 7.23. The van der Waals surface area contributed by atoms with Crippen molar-refractivity contribution in [3.05, 3.63) is 48.1 Å². The number of carbonyl (C=O) groups is 1. The van der Waals surface area contributed by atoms with Crippen LogP contribution >= 0.6 is 0 Å². The Kier molecular flexibility index (Phi) is 6.61. The van der Waals surface area contributed by atoms with Gasteiger partial charge in [0.15, 0.2) is 5.60 Å². The molecule has 0 bridgehead atoms. The number of quaternary nitrogens is 1. The topological polar surface area (TPSA) is 80.0 Å². The van der Waals surface area contributed by atoms with Crippen molar-refractivity contribution in [3.63, 3.8) is 0 Å². The number of rotatable bonds is 9. The van der Waals surface area contributed by atoms with Crippen LogP contribution in [0.25, 0.3) is 0 Å². The number of unbranched alkanes of at least 4 members (excludes halogenated alkanes) is 1. The molecule has 1 atom stereocenters. The molecule has 0 aliphatic heterocycles. The molecular weight excluding hydrogens is 356 g/mol. The Labute approximate surface area is 157 Å². The van der Waals surface area contributed by atoms with E-state index in [-0.39, 0.29) is 29.2 Å². The summed E-state index contributed by atoms with van der Waals surface area (Å²) in [5.41, 5.74) is 0.991. The number of aromatic nitrogens is 3. The Morgan fingerprint density at radius 1 is 1.37 bits per heavy atom. The van der Waals surface area contributed by atoms with E-state index < -0.39 is 17.2 Å². The lowest BCUT2D eigenvalue weighted by Crippen LogP contribution is -2.60. The van der Waals surface area contributed by atoms with Crippen LogP contribution in [0.2, 0.25) is 0 Å². The number of nitrogens with zero attached hydrogens (tertiary/aromatic N) is 4. The first-order chi connectivity index (χ1) is 12.6. The second-order valence-electron chi connectivity index (χ2n) is 7.23. The van der Waals surface area contributed by atoms with Gasteiger partial charge in [0.05, 0.1) is 20.6 Å². The molecule has 0 saturated heterocycles. The minimum Gasteiger partial charge on any atom is -0.377 e. The van der Waals surface area contributed by atoms with Gasteiger partial charge >= 0.3 is 0 Å². The molecule has 2 N–H and O–H groups in total. The van der Waals surface area contributed by atoms with Gasteiger partial charge in [-0.15, -0.1) is 0 Å². The highest BCUT2D eigenvalue weighted by atomic mass is 19.1. The van der Waals surface area contributed by atoms with Crippen LogP contribution in [0, 0.1) is 11.6 Å². The first-order valence-corrected chi connectivity index (χ1v) is 8.79. The van der Waals surface area contributed by atoms with Crippen LogP contribution in [0.4, 0.5) is 8.78 Å². The fourth-order valence-corrected chi connectivity index (χ4v) is 3.09. The zero-order chi connectivity index (χ0) is 20.1. The Hall–Kier alpha value is -2.39. The first-order valence-electron chi connectivity index (χ1n) is 8.79. The molecule has 0 saturated carbocycles. The lowest BCUT2D eigenvalue weighted by molar-refractivity contribution is -0.932. The molecule has 7 nitrogen and oxygen atoms in total. The number of carbonyl (C=O) groups excluding carboxylic acids is 1. The Morgan fingerprint density at radius 3 is 2.70 bits per heavy atom. The smallest absolute Gasteiger partial charge is 0.264 e. The van der Waals surface area contributed by atoms with E-state index >= 15 is 0 Å². The fraction of sp³-hybridized carbons (Fsp3) is 0.500. The van der Waals surface area contributed by atoms with Crippen molar-refractivity contribution in [3.8, 4) is 0 Å². The highest BCUT2D eigenvalue weighted by Gasteiger charge is 2.41. The van der Waals surface area contributed by atoms with Crippen molar-refractivity contribution in [1.29, 1.82) is 0 Å². The van der Waals surface area contributed by atoms with E-state index in [2.05, 4.69) is 15.5 Å². The number of hydrogen-bond acceptors (Lipinski definition) is 4. The summed E-state index contributed by atoms with van der Waals surface area (Å²) < 4.78 is 29.0. The van der Waals surface area contributed by atoms with E-state index in [1.54, 1.807) is 14.1 Å². The molecule has 1 heterocycles. The van der Waals surface area contributed by atoms with E-state index in [1.807, 2.05) is 6.92 Å². The fourth-order valence-electron chi connectivity index (χ4n) is 3.09. The quantitative estimate of drug-likeness (QED) is 0.511. The first kappa shape index (κ1) is 20.9. The predicted octanol–water partition coefficient (Wildman–Crippen LogP) is 1.74. The van der Waals surface area contributed by atoms with Crippen LogP contribution in [0.15, 0.2) is 30.9 Å². The molecule has 2 aromatic rings. The third kappa shape index (κ3) is 5.80. The summed E-state index contributed by atoms with van der Waals surface area (Å²) in [5.74, 6) is -1.76. The highest BCUT2D eigenvalue weighted by Crippen LogP contribution is 2.28. The minimum absolute atomic E-state index is 0.0622. The molecule has 9 heteroatoms. The SMILES string of the molecule is CCCCC(=O)N[N+](C)(C)CC(O)(Cn1cncn1)c1ccc(F)cc1F. The third-order valence-corrected chi connectivity index (χ3v) is 4.16. The van der Waals surface area contributed by atoms with Crippen molar-refractivity contribution < 1.29 is 23.3 Å². The van der Waals surface area contributed by atoms with E-state index in [0.29, 0.717) is 6.42 Å². The molecule has 148 valence electrons. The van der Waals surface area contributed by atoms with Gasteiger partial charge in [-0.05, 0) is 18.6 Å².